The number of ether oxygens (including phenoxy) is 3. The molecule has 174 valence electrons. The van der Waals surface area contributed by atoms with Gasteiger partial charge in [0.05, 0.1) is 19.8 Å². The minimum atomic E-state index is -0.370. The zero-order chi connectivity index (χ0) is 23.3. The molecule has 2 heterocycles. The Morgan fingerprint density at radius 3 is 2.26 bits per heavy atom. The largest absolute Gasteiger partial charge is 0.484 e. The van der Waals surface area contributed by atoms with Gasteiger partial charge in [0.2, 0.25) is 0 Å². The maximum atomic E-state index is 12.5. The third-order valence-electron chi connectivity index (χ3n) is 6.08. The first kappa shape index (κ1) is 22.0. The fourth-order valence-corrected chi connectivity index (χ4v) is 4.14. The second-order valence-corrected chi connectivity index (χ2v) is 8.25. The lowest BCUT2D eigenvalue weighted by molar-refractivity contribution is -0.137. The zero-order valence-electron chi connectivity index (χ0n) is 18.8. The average molecular weight is 459 g/mol. The summed E-state index contributed by atoms with van der Waals surface area (Å²) in [5.41, 5.74) is 3.90. The molecule has 0 radical (unpaired) electrons. The first-order valence-corrected chi connectivity index (χ1v) is 11.4. The molecule has 0 unspecified atom stereocenters. The van der Waals surface area contributed by atoms with Gasteiger partial charge in [-0.15, -0.1) is 0 Å². The molecule has 2 fully saturated rings. The van der Waals surface area contributed by atoms with E-state index in [2.05, 4.69) is 12.1 Å². The number of carbonyl (C=O) groups excluding carboxylic acids is 2. The van der Waals surface area contributed by atoms with Crippen molar-refractivity contribution in [3.8, 4) is 16.9 Å². The smallest absolute Gasteiger partial charge is 0.415 e. The van der Waals surface area contributed by atoms with Gasteiger partial charge in [-0.1, -0.05) is 54.6 Å². The van der Waals surface area contributed by atoms with E-state index in [-0.39, 0.29) is 24.7 Å². The summed E-state index contributed by atoms with van der Waals surface area (Å²) in [7, 11) is 0. The summed E-state index contributed by atoms with van der Waals surface area (Å²) in [5, 5.41) is 0. The molecule has 1 atom stereocenters. The maximum Gasteiger partial charge on any atom is 0.415 e. The van der Waals surface area contributed by atoms with Gasteiger partial charge >= 0.3 is 6.09 Å². The Hall–Kier alpha value is -3.84. The highest BCUT2D eigenvalue weighted by atomic mass is 16.6. The van der Waals surface area contributed by atoms with Gasteiger partial charge in [0, 0.05) is 18.8 Å². The molecule has 0 aromatic heterocycles. The number of cyclic esters (lactones) is 1. The van der Waals surface area contributed by atoms with E-state index < -0.39 is 0 Å². The molecular formula is C27H26N2O5. The summed E-state index contributed by atoms with van der Waals surface area (Å²) in [5.74, 6) is 0.550. The van der Waals surface area contributed by atoms with E-state index >= 15 is 0 Å². The van der Waals surface area contributed by atoms with E-state index in [0.29, 0.717) is 38.6 Å². The van der Waals surface area contributed by atoms with Crippen LogP contribution in [0, 0.1) is 0 Å². The van der Waals surface area contributed by atoms with E-state index in [1.165, 1.54) is 0 Å². The molecule has 7 nitrogen and oxygen atoms in total. The highest BCUT2D eigenvalue weighted by Crippen LogP contribution is 2.32. The van der Waals surface area contributed by atoms with Crippen LogP contribution in [0.1, 0.15) is 11.7 Å². The molecule has 7 heteroatoms. The first-order valence-electron chi connectivity index (χ1n) is 11.4. The van der Waals surface area contributed by atoms with Gasteiger partial charge in [-0.05, 0) is 41.0 Å². The van der Waals surface area contributed by atoms with Crippen LogP contribution in [0.4, 0.5) is 10.5 Å². The summed E-state index contributed by atoms with van der Waals surface area (Å²) < 4.78 is 16.5. The van der Waals surface area contributed by atoms with Gasteiger partial charge < -0.3 is 19.1 Å². The molecule has 2 saturated heterocycles. The van der Waals surface area contributed by atoms with Crippen molar-refractivity contribution < 1.29 is 23.8 Å². The molecule has 2 aliphatic heterocycles. The molecule has 5 rings (SSSR count). The highest BCUT2D eigenvalue weighted by Gasteiger charge is 2.33. The second kappa shape index (κ2) is 9.97. The predicted octanol–water partition coefficient (Wildman–Crippen LogP) is 4.29. The van der Waals surface area contributed by atoms with Gasteiger partial charge in [0.1, 0.15) is 11.9 Å². The number of morpholine rings is 1. The summed E-state index contributed by atoms with van der Waals surface area (Å²) in [6.45, 7) is 2.74. The molecule has 0 bridgehead atoms. The Balaban J connectivity index is 1.18. The molecule has 0 N–H and O–H groups in total. The van der Waals surface area contributed by atoms with Gasteiger partial charge in [0.25, 0.3) is 5.91 Å². The van der Waals surface area contributed by atoms with Crippen LogP contribution in [-0.2, 0) is 14.3 Å². The van der Waals surface area contributed by atoms with E-state index in [4.69, 9.17) is 14.2 Å². The molecule has 2 aliphatic rings. The van der Waals surface area contributed by atoms with Crippen molar-refractivity contribution in [3.63, 3.8) is 0 Å². The molecule has 0 saturated carbocycles. The lowest BCUT2D eigenvalue weighted by Crippen LogP contribution is -2.42. The van der Waals surface area contributed by atoms with Crippen LogP contribution in [-0.4, -0.2) is 56.4 Å². The van der Waals surface area contributed by atoms with Crippen LogP contribution in [0.3, 0.4) is 0 Å². The Labute approximate surface area is 198 Å². The van der Waals surface area contributed by atoms with E-state index in [9.17, 15) is 9.59 Å². The Kier molecular flexibility index (Phi) is 6.44. The number of hydrogen-bond acceptors (Lipinski definition) is 5. The molecule has 3 aromatic carbocycles. The van der Waals surface area contributed by atoms with Gasteiger partial charge in [-0.3, -0.25) is 9.69 Å². The number of anilines is 1. The SMILES string of the molecule is O=C(COc1ccc([C@@H]2CN(c3ccc(-c4ccccc4)cc3)C(=O)O2)cc1)N1CCOCC1. The summed E-state index contributed by atoms with van der Waals surface area (Å²) in [6.07, 6.45) is -0.737. The van der Waals surface area contributed by atoms with E-state index in [1.54, 1.807) is 21.9 Å². The minimum absolute atomic E-state index is 0.00941. The van der Waals surface area contributed by atoms with Crippen LogP contribution in [0.25, 0.3) is 11.1 Å². The molecule has 0 aliphatic carbocycles. The van der Waals surface area contributed by atoms with Crippen LogP contribution in [0.15, 0.2) is 78.9 Å². The van der Waals surface area contributed by atoms with Crippen molar-refractivity contribution in [1.82, 2.24) is 4.90 Å². The molecule has 2 amide bonds. The third-order valence-corrected chi connectivity index (χ3v) is 6.08. The van der Waals surface area contributed by atoms with E-state index in [0.717, 1.165) is 22.4 Å². The Morgan fingerprint density at radius 2 is 1.56 bits per heavy atom. The number of carbonyl (C=O) groups is 2. The number of amides is 2. The fraction of sp³-hybridized carbons (Fsp3) is 0.259. The van der Waals surface area contributed by atoms with Crippen LogP contribution < -0.4 is 9.64 Å². The monoisotopic (exact) mass is 458 g/mol. The topological polar surface area (TPSA) is 68.3 Å². The van der Waals surface area contributed by atoms with E-state index in [1.807, 2.05) is 54.6 Å². The second-order valence-electron chi connectivity index (χ2n) is 8.25. The van der Waals surface area contributed by atoms with Gasteiger partial charge in [-0.25, -0.2) is 4.79 Å². The molecular weight excluding hydrogens is 432 g/mol. The summed E-state index contributed by atoms with van der Waals surface area (Å²) in [4.78, 5) is 28.2. The van der Waals surface area contributed by atoms with Crippen molar-refractivity contribution in [2.45, 2.75) is 6.10 Å². The Morgan fingerprint density at radius 1 is 0.882 bits per heavy atom. The first-order chi connectivity index (χ1) is 16.7. The standard InChI is InChI=1S/C27H26N2O5/c30-26(28-14-16-32-17-15-28)19-33-24-12-8-22(9-13-24)25-18-29(27(31)34-25)23-10-6-21(7-11-23)20-4-2-1-3-5-20/h1-13,25H,14-19H2/t25-/m0/s1. The molecule has 3 aromatic rings. The maximum absolute atomic E-state index is 12.5. The third kappa shape index (κ3) is 4.89. The van der Waals surface area contributed by atoms with Crippen molar-refractivity contribution in [1.29, 1.82) is 0 Å². The van der Waals surface area contributed by atoms with Gasteiger partial charge in [0.15, 0.2) is 6.61 Å². The average Bonchev–Trinajstić information content (AvgIpc) is 3.30. The summed E-state index contributed by atoms with van der Waals surface area (Å²) >= 11 is 0. The van der Waals surface area contributed by atoms with Crippen LogP contribution in [0.5, 0.6) is 5.75 Å². The van der Waals surface area contributed by atoms with Crippen LogP contribution >= 0.6 is 0 Å². The quantitative estimate of drug-likeness (QED) is 0.551. The van der Waals surface area contributed by atoms with Crippen molar-refractivity contribution in [2.24, 2.45) is 0 Å². The number of hydrogen-bond donors (Lipinski definition) is 0. The lowest BCUT2D eigenvalue weighted by atomic mass is 10.1. The molecule has 34 heavy (non-hydrogen) atoms. The highest BCUT2D eigenvalue weighted by molar-refractivity contribution is 5.90. The van der Waals surface area contributed by atoms with Crippen LogP contribution in [0.2, 0.25) is 0 Å². The summed E-state index contributed by atoms with van der Waals surface area (Å²) in [6, 6.07) is 25.3. The number of nitrogens with zero attached hydrogens (tertiary/aromatic N) is 2. The number of rotatable bonds is 6. The number of benzene rings is 3. The fourth-order valence-electron chi connectivity index (χ4n) is 4.14. The van der Waals surface area contributed by atoms with Crippen molar-refractivity contribution in [2.75, 3.05) is 44.4 Å². The zero-order valence-corrected chi connectivity index (χ0v) is 18.8. The van der Waals surface area contributed by atoms with Crippen molar-refractivity contribution in [3.05, 3.63) is 84.4 Å². The normalized spacial score (nSPS) is 18.0. The van der Waals surface area contributed by atoms with Crippen molar-refractivity contribution >= 4 is 17.7 Å². The molecule has 0 spiro atoms. The predicted molar refractivity (Wildman–Crippen MR) is 128 cm³/mol. The minimum Gasteiger partial charge on any atom is -0.484 e. The van der Waals surface area contributed by atoms with Gasteiger partial charge in [-0.2, -0.15) is 0 Å². The Bertz CT molecular complexity index is 1130. The lowest BCUT2D eigenvalue weighted by Gasteiger charge is -2.26.